The van der Waals surface area contributed by atoms with Crippen molar-refractivity contribution in [2.24, 2.45) is 0 Å². The van der Waals surface area contributed by atoms with Gasteiger partial charge in [-0.3, -0.25) is 9.80 Å². The first-order valence-electron chi connectivity index (χ1n) is 8.79. The van der Waals surface area contributed by atoms with Crippen molar-refractivity contribution < 1.29 is 10.2 Å². The Bertz CT molecular complexity index is 460. The summed E-state index contributed by atoms with van der Waals surface area (Å²) in [6.07, 6.45) is 1.85. The van der Waals surface area contributed by atoms with E-state index < -0.39 is 0 Å². The van der Waals surface area contributed by atoms with Crippen LogP contribution in [-0.2, 0) is 0 Å². The van der Waals surface area contributed by atoms with Crippen LogP contribution in [0.4, 0.5) is 11.8 Å². The number of aliphatic hydroxyl groups is 2. The molecule has 0 aromatic carbocycles. The van der Waals surface area contributed by atoms with Gasteiger partial charge in [-0.2, -0.15) is 4.98 Å². The molecule has 8 heteroatoms. The van der Waals surface area contributed by atoms with Crippen molar-refractivity contribution in [3.05, 3.63) is 12.3 Å². The number of anilines is 2. The van der Waals surface area contributed by atoms with Gasteiger partial charge in [-0.05, 0) is 6.07 Å². The van der Waals surface area contributed by atoms with Crippen LogP contribution in [0.5, 0.6) is 0 Å². The van der Waals surface area contributed by atoms with Gasteiger partial charge >= 0.3 is 0 Å². The normalized spacial score (nSPS) is 20.6. The molecular weight excluding hydrogens is 308 g/mol. The van der Waals surface area contributed by atoms with E-state index in [-0.39, 0.29) is 13.2 Å². The molecule has 0 aliphatic carbocycles. The first kappa shape index (κ1) is 17.3. The minimum atomic E-state index is 0.217. The number of piperazine rings is 2. The molecular formula is C16H28N6O2. The number of rotatable bonds is 6. The lowest BCUT2D eigenvalue weighted by Crippen LogP contribution is -2.48. The highest BCUT2D eigenvalue weighted by molar-refractivity contribution is 5.44. The lowest BCUT2D eigenvalue weighted by Gasteiger charge is -2.36. The van der Waals surface area contributed by atoms with Crippen molar-refractivity contribution in [3.63, 3.8) is 0 Å². The zero-order chi connectivity index (χ0) is 16.8. The molecule has 2 aliphatic heterocycles. The van der Waals surface area contributed by atoms with E-state index in [0.717, 1.165) is 77.2 Å². The van der Waals surface area contributed by atoms with Crippen molar-refractivity contribution in [3.8, 4) is 0 Å². The van der Waals surface area contributed by atoms with Gasteiger partial charge in [-0.25, -0.2) is 4.98 Å². The van der Waals surface area contributed by atoms with Gasteiger partial charge in [0.05, 0.1) is 13.2 Å². The van der Waals surface area contributed by atoms with Gasteiger partial charge in [0.2, 0.25) is 5.95 Å². The highest BCUT2D eigenvalue weighted by Crippen LogP contribution is 2.18. The van der Waals surface area contributed by atoms with Crippen LogP contribution in [0.15, 0.2) is 12.3 Å². The van der Waals surface area contributed by atoms with Crippen LogP contribution in [0, 0.1) is 0 Å². The molecule has 2 N–H and O–H groups in total. The second-order valence-corrected chi connectivity index (χ2v) is 6.32. The third-order valence-corrected chi connectivity index (χ3v) is 4.81. The molecule has 1 aromatic heterocycles. The summed E-state index contributed by atoms with van der Waals surface area (Å²) < 4.78 is 0. The first-order valence-corrected chi connectivity index (χ1v) is 8.79. The molecule has 0 unspecified atom stereocenters. The van der Waals surface area contributed by atoms with Gasteiger partial charge in [0.15, 0.2) is 0 Å². The van der Waals surface area contributed by atoms with E-state index in [2.05, 4.69) is 24.6 Å². The Hall–Kier alpha value is -1.48. The van der Waals surface area contributed by atoms with Crippen LogP contribution in [-0.4, -0.2) is 109 Å². The number of aromatic nitrogens is 2. The van der Waals surface area contributed by atoms with Crippen LogP contribution in [0.25, 0.3) is 0 Å². The summed E-state index contributed by atoms with van der Waals surface area (Å²) in [4.78, 5) is 18.3. The number of hydrogen-bond donors (Lipinski definition) is 2. The summed E-state index contributed by atoms with van der Waals surface area (Å²) in [5.41, 5.74) is 0. The molecule has 3 rings (SSSR count). The fourth-order valence-corrected chi connectivity index (χ4v) is 3.32. The van der Waals surface area contributed by atoms with Gasteiger partial charge in [0.1, 0.15) is 5.82 Å². The monoisotopic (exact) mass is 336 g/mol. The third kappa shape index (κ3) is 4.32. The molecule has 2 aliphatic rings. The minimum Gasteiger partial charge on any atom is -0.395 e. The molecule has 24 heavy (non-hydrogen) atoms. The van der Waals surface area contributed by atoms with E-state index in [1.54, 1.807) is 0 Å². The Morgan fingerprint density at radius 1 is 0.792 bits per heavy atom. The number of hydrogen-bond acceptors (Lipinski definition) is 8. The third-order valence-electron chi connectivity index (χ3n) is 4.81. The summed E-state index contributed by atoms with van der Waals surface area (Å²) >= 11 is 0. The Morgan fingerprint density at radius 3 is 1.88 bits per heavy atom. The second kappa shape index (κ2) is 8.57. The van der Waals surface area contributed by atoms with Crippen LogP contribution in [0.3, 0.4) is 0 Å². The molecule has 0 bridgehead atoms. The zero-order valence-corrected chi connectivity index (χ0v) is 14.2. The van der Waals surface area contributed by atoms with Crippen molar-refractivity contribution >= 4 is 11.8 Å². The maximum atomic E-state index is 9.04. The quantitative estimate of drug-likeness (QED) is 0.664. The summed E-state index contributed by atoms with van der Waals surface area (Å²) in [7, 11) is 0. The first-order chi connectivity index (χ1) is 11.8. The second-order valence-electron chi connectivity index (χ2n) is 6.32. The average molecular weight is 336 g/mol. The lowest BCUT2D eigenvalue weighted by atomic mass is 10.3. The topological polar surface area (TPSA) is 79.2 Å². The fourth-order valence-electron chi connectivity index (χ4n) is 3.32. The highest BCUT2D eigenvalue weighted by atomic mass is 16.3. The van der Waals surface area contributed by atoms with Gasteiger partial charge in [0.25, 0.3) is 0 Å². The summed E-state index contributed by atoms with van der Waals surface area (Å²) in [6.45, 7) is 9.38. The maximum Gasteiger partial charge on any atom is 0.227 e. The predicted molar refractivity (Wildman–Crippen MR) is 93.5 cm³/mol. The van der Waals surface area contributed by atoms with E-state index >= 15 is 0 Å². The lowest BCUT2D eigenvalue weighted by molar-refractivity contribution is 0.188. The van der Waals surface area contributed by atoms with Crippen molar-refractivity contribution in [2.75, 3.05) is 88.5 Å². The zero-order valence-electron chi connectivity index (χ0n) is 14.2. The van der Waals surface area contributed by atoms with Gasteiger partial charge in [-0.1, -0.05) is 0 Å². The fraction of sp³-hybridized carbons (Fsp3) is 0.750. The standard InChI is InChI=1S/C16H28N6O2/c23-13-11-19-3-7-21(8-4-19)15-1-2-17-16(18-15)22-9-5-20(6-10-22)12-14-24/h1-2,23-24H,3-14H2. The Labute approximate surface area is 143 Å². The molecule has 0 atom stereocenters. The van der Waals surface area contributed by atoms with Crippen LogP contribution >= 0.6 is 0 Å². The van der Waals surface area contributed by atoms with Gasteiger partial charge in [-0.15, -0.1) is 0 Å². The van der Waals surface area contributed by atoms with E-state index in [9.17, 15) is 0 Å². The molecule has 1 aromatic rings. The Balaban J connectivity index is 1.57. The van der Waals surface area contributed by atoms with E-state index in [0.29, 0.717) is 0 Å². The van der Waals surface area contributed by atoms with Crippen LogP contribution in [0.2, 0.25) is 0 Å². The van der Waals surface area contributed by atoms with E-state index in [1.165, 1.54) is 0 Å². The molecule has 0 saturated carbocycles. The van der Waals surface area contributed by atoms with E-state index in [4.69, 9.17) is 15.2 Å². The van der Waals surface area contributed by atoms with Crippen molar-refractivity contribution in [2.45, 2.75) is 0 Å². The molecule has 2 saturated heterocycles. The molecule has 3 heterocycles. The Morgan fingerprint density at radius 2 is 1.33 bits per heavy atom. The van der Waals surface area contributed by atoms with E-state index in [1.807, 2.05) is 12.3 Å². The number of nitrogens with zero attached hydrogens (tertiary/aromatic N) is 6. The maximum absolute atomic E-state index is 9.04. The highest BCUT2D eigenvalue weighted by Gasteiger charge is 2.21. The molecule has 0 amide bonds. The van der Waals surface area contributed by atoms with Crippen molar-refractivity contribution in [1.29, 1.82) is 0 Å². The molecule has 8 nitrogen and oxygen atoms in total. The molecule has 2 fully saturated rings. The summed E-state index contributed by atoms with van der Waals surface area (Å²) in [6, 6.07) is 1.98. The largest absolute Gasteiger partial charge is 0.395 e. The average Bonchev–Trinajstić information content (AvgIpc) is 2.64. The predicted octanol–water partition coefficient (Wildman–Crippen LogP) is -1.29. The number of β-amino-alcohol motifs (C(OH)–C–C–N with tert-alkyl or cyclic N) is 2. The number of aliphatic hydroxyl groups excluding tert-OH is 2. The van der Waals surface area contributed by atoms with Gasteiger partial charge < -0.3 is 20.0 Å². The molecule has 134 valence electrons. The smallest absolute Gasteiger partial charge is 0.227 e. The SMILES string of the molecule is OCCN1CCN(c2ccnc(N3CCN(CCO)CC3)n2)CC1. The minimum absolute atomic E-state index is 0.217. The summed E-state index contributed by atoms with van der Waals surface area (Å²) in [5, 5.41) is 18.1. The van der Waals surface area contributed by atoms with Gasteiger partial charge in [0, 0.05) is 71.6 Å². The summed E-state index contributed by atoms with van der Waals surface area (Å²) in [5.74, 6) is 1.79. The van der Waals surface area contributed by atoms with Crippen LogP contribution < -0.4 is 9.80 Å². The van der Waals surface area contributed by atoms with Crippen molar-refractivity contribution in [1.82, 2.24) is 19.8 Å². The van der Waals surface area contributed by atoms with Crippen LogP contribution in [0.1, 0.15) is 0 Å². The molecule has 0 spiro atoms. The Kier molecular flexibility index (Phi) is 6.19. The molecule has 0 radical (unpaired) electrons.